The molecule has 1 aromatic heterocycles. The molecule has 0 aromatic carbocycles. The van der Waals surface area contributed by atoms with Crippen LogP contribution in [0.15, 0.2) is 0 Å². The molecular weight excluding hydrogens is 268 g/mol. The van der Waals surface area contributed by atoms with Crippen molar-refractivity contribution in [2.45, 2.75) is 71.1 Å². The predicted molar refractivity (Wildman–Crippen MR) is 83.0 cm³/mol. The first kappa shape index (κ1) is 14.5. The van der Waals surface area contributed by atoms with E-state index in [0.29, 0.717) is 12.0 Å². The van der Waals surface area contributed by atoms with Crippen LogP contribution in [-0.4, -0.2) is 33.7 Å². The highest BCUT2D eigenvalue weighted by Crippen LogP contribution is 2.36. The Hall–Kier alpha value is -0.450. The summed E-state index contributed by atoms with van der Waals surface area (Å²) in [4.78, 5) is 8.64. The standard InChI is InChI=1S/C16H26N2OS/c1-11-12(2)20-16(17-11)10-18-9-4-3-7-14(18)13-6-5-8-15(13)19/h13-15,19H,3-10H2,1-2H3. The molecule has 0 amide bonds. The fourth-order valence-electron chi connectivity index (χ4n) is 3.90. The number of aryl methyl sites for hydroxylation is 2. The average molecular weight is 294 g/mol. The van der Waals surface area contributed by atoms with Crippen LogP contribution < -0.4 is 0 Å². The Balaban J connectivity index is 1.71. The highest BCUT2D eigenvalue weighted by atomic mass is 32.1. The minimum atomic E-state index is -0.0691. The number of likely N-dealkylation sites (tertiary alicyclic amines) is 1. The highest BCUT2D eigenvalue weighted by Gasteiger charge is 2.37. The molecule has 1 aliphatic carbocycles. The number of aliphatic hydroxyl groups excluding tert-OH is 1. The lowest BCUT2D eigenvalue weighted by Gasteiger charge is -2.40. The third-order valence-corrected chi connectivity index (χ3v) is 6.16. The summed E-state index contributed by atoms with van der Waals surface area (Å²) in [5, 5.41) is 11.5. The fourth-order valence-corrected chi connectivity index (χ4v) is 4.86. The summed E-state index contributed by atoms with van der Waals surface area (Å²) >= 11 is 1.84. The molecule has 4 heteroatoms. The van der Waals surface area contributed by atoms with Crippen molar-refractivity contribution >= 4 is 11.3 Å². The third kappa shape index (κ3) is 2.92. The second-order valence-electron chi connectivity index (χ2n) is 6.44. The van der Waals surface area contributed by atoms with Crippen molar-refractivity contribution in [1.29, 1.82) is 0 Å². The molecule has 1 saturated carbocycles. The summed E-state index contributed by atoms with van der Waals surface area (Å²) in [6.07, 6.45) is 7.21. The maximum absolute atomic E-state index is 10.2. The molecule has 2 fully saturated rings. The van der Waals surface area contributed by atoms with Crippen LogP contribution in [0.4, 0.5) is 0 Å². The molecule has 0 spiro atoms. The second kappa shape index (κ2) is 6.12. The van der Waals surface area contributed by atoms with Crippen molar-refractivity contribution < 1.29 is 5.11 Å². The van der Waals surface area contributed by atoms with Crippen molar-refractivity contribution in [3.05, 3.63) is 15.6 Å². The molecule has 1 saturated heterocycles. The fraction of sp³-hybridized carbons (Fsp3) is 0.812. The largest absolute Gasteiger partial charge is 0.393 e. The van der Waals surface area contributed by atoms with Gasteiger partial charge in [-0.2, -0.15) is 0 Å². The van der Waals surface area contributed by atoms with Gasteiger partial charge in [-0.1, -0.05) is 12.8 Å². The molecule has 1 aromatic rings. The van der Waals surface area contributed by atoms with Crippen LogP contribution in [0, 0.1) is 19.8 Å². The lowest BCUT2D eigenvalue weighted by Crippen LogP contribution is -2.45. The maximum atomic E-state index is 10.2. The van der Waals surface area contributed by atoms with E-state index in [9.17, 15) is 5.11 Å². The Morgan fingerprint density at radius 1 is 1.20 bits per heavy atom. The summed E-state index contributed by atoms with van der Waals surface area (Å²) in [7, 11) is 0. The highest BCUT2D eigenvalue weighted by molar-refractivity contribution is 7.11. The Labute approximate surface area is 126 Å². The summed E-state index contributed by atoms with van der Waals surface area (Å²) < 4.78 is 0. The molecule has 1 aliphatic heterocycles. The summed E-state index contributed by atoms with van der Waals surface area (Å²) in [6, 6.07) is 0.575. The number of hydrogen-bond acceptors (Lipinski definition) is 4. The zero-order valence-corrected chi connectivity index (χ0v) is 13.5. The van der Waals surface area contributed by atoms with E-state index < -0.39 is 0 Å². The first-order valence-corrected chi connectivity index (χ1v) is 8.82. The number of aliphatic hydroxyl groups is 1. The number of hydrogen-bond donors (Lipinski definition) is 1. The molecule has 2 aliphatic rings. The van der Waals surface area contributed by atoms with E-state index in [4.69, 9.17) is 4.98 Å². The van der Waals surface area contributed by atoms with Gasteiger partial charge < -0.3 is 5.11 Å². The lowest BCUT2D eigenvalue weighted by molar-refractivity contribution is 0.0312. The van der Waals surface area contributed by atoms with Gasteiger partial charge in [0.25, 0.3) is 0 Å². The SMILES string of the molecule is Cc1nc(CN2CCCCC2C2CCCC2O)sc1C. The number of nitrogens with zero attached hydrogens (tertiary/aromatic N) is 2. The van der Waals surface area contributed by atoms with E-state index in [2.05, 4.69) is 18.7 Å². The normalized spacial score (nSPS) is 31.9. The molecule has 3 rings (SSSR count). The molecule has 112 valence electrons. The van der Waals surface area contributed by atoms with Gasteiger partial charge in [-0.05, 0) is 46.1 Å². The van der Waals surface area contributed by atoms with Crippen molar-refractivity contribution in [2.75, 3.05) is 6.54 Å². The molecule has 3 nitrogen and oxygen atoms in total. The molecular formula is C16H26N2OS. The van der Waals surface area contributed by atoms with Gasteiger partial charge in [-0.3, -0.25) is 4.90 Å². The van der Waals surface area contributed by atoms with Gasteiger partial charge in [0.15, 0.2) is 0 Å². The molecule has 0 bridgehead atoms. The topological polar surface area (TPSA) is 36.4 Å². The molecule has 3 atom stereocenters. The number of rotatable bonds is 3. The predicted octanol–water partition coefficient (Wildman–Crippen LogP) is 3.28. The average Bonchev–Trinajstić information content (AvgIpc) is 2.97. The van der Waals surface area contributed by atoms with Crippen molar-refractivity contribution in [2.24, 2.45) is 5.92 Å². The van der Waals surface area contributed by atoms with Crippen LogP contribution in [0.25, 0.3) is 0 Å². The smallest absolute Gasteiger partial charge is 0.107 e. The second-order valence-corrected chi connectivity index (χ2v) is 7.73. The third-order valence-electron chi connectivity index (χ3n) is 5.10. The Morgan fingerprint density at radius 2 is 2.05 bits per heavy atom. The van der Waals surface area contributed by atoms with E-state index in [-0.39, 0.29) is 6.10 Å². The van der Waals surface area contributed by atoms with Gasteiger partial charge in [-0.25, -0.2) is 4.98 Å². The Kier molecular flexibility index (Phi) is 4.43. The van der Waals surface area contributed by atoms with Crippen molar-refractivity contribution in [3.63, 3.8) is 0 Å². The first-order chi connectivity index (χ1) is 9.65. The van der Waals surface area contributed by atoms with E-state index in [0.717, 1.165) is 13.0 Å². The summed E-state index contributed by atoms with van der Waals surface area (Å²) in [5.74, 6) is 0.498. The van der Waals surface area contributed by atoms with Crippen LogP contribution in [0.5, 0.6) is 0 Å². The van der Waals surface area contributed by atoms with Crippen molar-refractivity contribution in [3.8, 4) is 0 Å². The van der Waals surface area contributed by atoms with Crippen LogP contribution in [0.1, 0.15) is 54.1 Å². The molecule has 2 heterocycles. The van der Waals surface area contributed by atoms with Gasteiger partial charge >= 0.3 is 0 Å². The number of piperidine rings is 1. The number of aromatic nitrogens is 1. The Bertz CT molecular complexity index is 440. The van der Waals surface area contributed by atoms with Crippen LogP contribution in [0.2, 0.25) is 0 Å². The van der Waals surface area contributed by atoms with Gasteiger partial charge in [0.2, 0.25) is 0 Å². The summed E-state index contributed by atoms with van der Waals surface area (Å²) in [6.45, 7) is 6.41. The summed E-state index contributed by atoms with van der Waals surface area (Å²) in [5.41, 5.74) is 1.18. The minimum absolute atomic E-state index is 0.0691. The van der Waals surface area contributed by atoms with Crippen LogP contribution in [-0.2, 0) is 6.54 Å². The van der Waals surface area contributed by atoms with E-state index >= 15 is 0 Å². The van der Waals surface area contributed by atoms with E-state index in [1.807, 2.05) is 11.3 Å². The Morgan fingerprint density at radius 3 is 2.70 bits per heavy atom. The zero-order chi connectivity index (χ0) is 14.1. The van der Waals surface area contributed by atoms with Gasteiger partial charge in [0.05, 0.1) is 18.3 Å². The van der Waals surface area contributed by atoms with E-state index in [1.165, 1.54) is 54.2 Å². The lowest BCUT2D eigenvalue weighted by atomic mass is 9.88. The maximum Gasteiger partial charge on any atom is 0.107 e. The van der Waals surface area contributed by atoms with Crippen molar-refractivity contribution in [1.82, 2.24) is 9.88 Å². The molecule has 3 unspecified atom stereocenters. The number of thiazole rings is 1. The quantitative estimate of drug-likeness (QED) is 0.929. The van der Waals surface area contributed by atoms with Crippen LogP contribution in [0.3, 0.4) is 0 Å². The molecule has 20 heavy (non-hydrogen) atoms. The van der Waals surface area contributed by atoms with Gasteiger partial charge in [0, 0.05) is 16.8 Å². The molecule has 0 radical (unpaired) electrons. The van der Waals surface area contributed by atoms with Crippen LogP contribution >= 0.6 is 11.3 Å². The van der Waals surface area contributed by atoms with Gasteiger partial charge in [0.1, 0.15) is 5.01 Å². The monoisotopic (exact) mass is 294 g/mol. The van der Waals surface area contributed by atoms with E-state index in [1.54, 1.807) is 0 Å². The first-order valence-electron chi connectivity index (χ1n) is 8.00. The van der Waals surface area contributed by atoms with Gasteiger partial charge in [-0.15, -0.1) is 11.3 Å². The minimum Gasteiger partial charge on any atom is -0.393 e. The zero-order valence-electron chi connectivity index (χ0n) is 12.6. The molecule has 1 N–H and O–H groups in total.